The van der Waals surface area contributed by atoms with E-state index in [-0.39, 0.29) is 5.97 Å². The Labute approximate surface area is 99.1 Å². The Hall–Kier alpha value is -2.17. The molecule has 0 saturated heterocycles. The molecule has 2 rings (SSSR count). The fraction of sp³-hybridized carbons (Fsp3) is 0.250. The highest BCUT2D eigenvalue weighted by atomic mass is 16.5. The van der Waals surface area contributed by atoms with Crippen molar-refractivity contribution in [3.63, 3.8) is 0 Å². The van der Waals surface area contributed by atoms with E-state index in [0.29, 0.717) is 12.3 Å². The molecule has 2 aromatic rings. The van der Waals surface area contributed by atoms with E-state index in [1.807, 2.05) is 13.0 Å². The lowest BCUT2D eigenvalue weighted by Gasteiger charge is -2.05. The monoisotopic (exact) mass is 231 g/mol. The van der Waals surface area contributed by atoms with Crippen molar-refractivity contribution in [3.8, 4) is 5.69 Å². The van der Waals surface area contributed by atoms with Gasteiger partial charge in [0, 0.05) is 6.20 Å². The number of nitrogens with zero attached hydrogens (tertiary/aromatic N) is 3. The van der Waals surface area contributed by atoms with Crippen LogP contribution in [0.15, 0.2) is 30.6 Å². The minimum atomic E-state index is -0.378. The standard InChI is InChI=1S/C12H13N3O2/c1-3-17-12(16)11-7-9(2)14-15(11)10-5-4-6-13-8-10/h4-8H,3H2,1-2H3. The molecule has 5 nitrogen and oxygen atoms in total. The van der Waals surface area contributed by atoms with E-state index in [2.05, 4.69) is 10.1 Å². The highest BCUT2D eigenvalue weighted by Crippen LogP contribution is 2.12. The van der Waals surface area contributed by atoms with Crippen molar-refractivity contribution in [3.05, 3.63) is 42.0 Å². The van der Waals surface area contributed by atoms with Crippen LogP contribution >= 0.6 is 0 Å². The third-order valence-corrected chi connectivity index (χ3v) is 2.21. The maximum atomic E-state index is 11.7. The summed E-state index contributed by atoms with van der Waals surface area (Å²) in [4.78, 5) is 15.8. The third kappa shape index (κ3) is 2.33. The van der Waals surface area contributed by atoms with Crippen LogP contribution in [0.4, 0.5) is 0 Å². The lowest BCUT2D eigenvalue weighted by atomic mass is 10.3. The lowest BCUT2D eigenvalue weighted by molar-refractivity contribution is 0.0515. The van der Waals surface area contributed by atoms with Crippen molar-refractivity contribution in [1.29, 1.82) is 0 Å². The molecule has 0 aliphatic rings. The summed E-state index contributed by atoms with van der Waals surface area (Å²) in [6, 6.07) is 5.33. The van der Waals surface area contributed by atoms with Crippen LogP contribution in [0.25, 0.3) is 5.69 Å². The van der Waals surface area contributed by atoms with Crippen molar-refractivity contribution >= 4 is 5.97 Å². The average molecular weight is 231 g/mol. The van der Waals surface area contributed by atoms with Crippen molar-refractivity contribution in [1.82, 2.24) is 14.8 Å². The second kappa shape index (κ2) is 4.78. The predicted octanol–water partition coefficient (Wildman–Crippen LogP) is 1.75. The number of pyridine rings is 1. The lowest BCUT2D eigenvalue weighted by Crippen LogP contribution is -2.12. The first-order valence-corrected chi connectivity index (χ1v) is 5.36. The smallest absolute Gasteiger partial charge is 0.357 e. The topological polar surface area (TPSA) is 57.0 Å². The Kier molecular flexibility index (Phi) is 3.18. The zero-order valence-electron chi connectivity index (χ0n) is 9.75. The van der Waals surface area contributed by atoms with E-state index < -0.39 is 0 Å². The number of hydrogen-bond donors (Lipinski definition) is 0. The number of rotatable bonds is 3. The third-order valence-electron chi connectivity index (χ3n) is 2.21. The number of aromatic nitrogens is 3. The van der Waals surface area contributed by atoms with E-state index in [1.54, 1.807) is 36.1 Å². The molecule has 0 aliphatic heterocycles. The van der Waals surface area contributed by atoms with Gasteiger partial charge in [-0.05, 0) is 32.0 Å². The molecule has 0 radical (unpaired) electrons. The maximum Gasteiger partial charge on any atom is 0.357 e. The first-order valence-electron chi connectivity index (χ1n) is 5.36. The van der Waals surface area contributed by atoms with Crippen LogP contribution in [0, 0.1) is 6.92 Å². The fourth-order valence-corrected chi connectivity index (χ4v) is 1.53. The van der Waals surface area contributed by atoms with Gasteiger partial charge in [-0.25, -0.2) is 9.48 Å². The molecular formula is C12H13N3O2. The first kappa shape index (κ1) is 11.3. The van der Waals surface area contributed by atoms with E-state index in [9.17, 15) is 4.79 Å². The van der Waals surface area contributed by atoms with E-state index in [1.165, 1.54) is 0 Å². The molecule has 2 aromatic heterocycles. The molecule has 2 heterocycles. The van der Waals surface area contributed by atoms with Gasteiger partial charge >= 0.3 is 5.97 Å². The molecule has 0 unspecified atom stereocenters. The molecule has 0 saturated carbocycles. The van der Waals surface area contributed by atoms with Gasteiger partial charge in [-0.1, -0.05) is 0 Å². The molecule has 0 fully saturated rings. The van der Waals surface area contributed by atoms with Crippen LogP contribution in [0.3, 0.4) is 0 Å². The van der Waals surface area contributed by atoms with Crippen molar-refractivity contribution < 1.29 is 9.53 Å². The van der Waals surface area contributed by atoms with E-state index in [0.717, 1.165) is 11.4 Å². The molecular weight excluding hydrogens is 218 g/mol. The quantitative estimate of drug-likeness (QED) is 0.755. The normalized spacial score (nSPS) is 10.2. The Morgan fingerprint density at radius 1 is 1.53 bits per heavy atom. The molecule has 0 aromatic carbocycles. The summed E-state index contributed by atoms with van der Waals surface area (Å²) < 4.78 is 6.53. The maximum absolute atomic E-state index is 11.7. The van der Waals surface area contributed by atoms with Gasteiger partial charge in [0.05, 0.1) is 24.2 Å². The Bertz CT molecular complexity index is 520. The summed E-state index contributed by atoms with van der Waals surface area (Å²) in [6.07, 6.45) is 3.32. The molecule has 5 heteroatoms. The molecule has 0 atom stereocenters. The number of ether oxygens (including phenoxy) is 1. The van der Waals surface area contributed by atoms with Gasteiger partial charge in [0.1, 0.15) is 0 Å². The second-order valence-electron chi connectivity index (χ2n) is 3.51. The van der Waals surface area contributed by atoms with Gasteiger partial charge in [-0.3, -0.25) is 4.98 Å². The van der Waals surface area contributed by atoms with E-state index >= 15 is 0 Å². The summed E-state index contributed by atoms with van der Waals surface area (Å²) in [5.74, 6) is -0.378. The first-order chi connectivity index (χ1) is 8.22. The van der Waals surface area contributed by atoms with E-state index in [4.69, 9.17) is 4.74 Å². The Balaban J connectivity index is 2.44. The molecule has 0 aliphatic carbocycles. The van der Waals surface area contributed by atoms with Crippen LogP contribution in [-0.4, -0.2) is 27.3 Å². The van der Waals surface area contributed by atoms with Gasteiger partial charge in [0.2, 0.25) is 0 Å². The number of carbonyl (C=O) groups is 1. The molecule has 17 heavy (non-hydrogen) atoms. The molecule has 0 bridgehead atoms. The van der Waals surface area contributed by atoms with Gasteiger partial charge in [0.15, 0.2) is 5.69 Å². The number of carbonyl (C=O) groups excluding carboxylic acids is 1. The summed E-state index contributed by atoms with van der Waals surface area (Å²) in [6.45, 7) is 3.95. The molecule has 88 valence electrons. The van der Waals surface area contributed by atoms with Crippen LogP contribution < -0.4 is 0 Å². The highest BCUT2D eigenvalue weighted by molar-refractivity contribution is 5.88. The number of aryl methyl sites for hydroxylation is 1. The minimum Gasteiger partial charge on any atom is -0.461 e. The number of esters is 1. The van der Waals surface area contributed by atoms with Crippen molar-refractivity contribution in [2.24, 2.45) is 0 Å². The van der Waals surface area contributed by atoms with Crippen molar-refractivity contribution in [2.75, 3.05) is 6.61 Å². The van der Waals surface area contributed by atoms with Crippen molar-refractivity contribution in [2.45, 2.75) is 13.8 Å². The predicted molar refractivity (Wildman–Crippen MR) is 62.1 cm³/mol. The van der Waals surface area contributed by atoms with Gasteiger partial charge in [-0.2, -0.15) is 5.10 Å². The second-order valence-corrected chi connectivity index (χ2v) is 3.51. The molecule has 0 spiro atoms. The van der Waals surface area contributed by atoms with Gasteiger partial charge in [-0.15, -0.1) is 0 Å². The zero-order chi connectivity index (χ0) is 12.3. The van der Waals surface area contributed by atoms with Gasteiger partial charge in [0.25, 0.3) is 0 Å². The Morgan fingerprint density at radius 2 is 2.35 bits per heavy atom. The van der Waals surface area contributed by atoms with Crippen LogP contribution in [0.2, 0.25) is 0 Å². The van der Waals surface area contributed by atoms with Crippen LogP contribution in [0.1, 0.15) is 23.1 Å². The average Bonchev–Trinajstić information content (AvgIpc) is 2.73. The number of hydrogen-bond acceptors (Lipinski definition) is 4. The summed E-state index contributed by atoms with van der Waals surface area (Å²) >= 11 is 0. The zero-order valence-corrected chi connectivity index (χ0v) is 9.75. The fourth-order valence-electron chi connectivity index (χ4n) is 1.53. The summed E-state index contributed by atoms with van der Waals surface area (Å²) in [7, 11) is 0. The summed E-state index contributed by atoms with van der Waals surface area (Å²) in [5.41, 5.74) is 1.91. The summed E-state index contributed by atoms with van der Waals surface area (Å²) in [5, 5.41) is 4.26. The minimum absolute atomic E-state index is 0.343. The highest BCUT2D eigenvalue weighted by Gasteiger charge is 2.16. The SMILES string of the molecule is CCOC(=O)c1cc(C)nn1-c1cccnc1. The molecule has 0 amide bonds. The van der Waals surface area contributed by atoms with Gasteiger partial charge < -0.3 is 4.74 Å². The largest absolute Gasteiger partial charge is 0.461 e. The Morgan fingerprint density at radius 3 is 3.00 bits per heavy atom. The van der Waals surface area contributed by atoms with Crippen LogP contribution in [-0.2, 0) is 4.74 Å². The van der Waals surface area contributed by atoms with Crippen LogP contribution in [0.5, 0.6) is 0 Å². The molecule has 0 N–H and O–H groups in total.